The Hall–Kier alpha value is -2.44. The fraction of sp³-hybridized carbons (Fsp3) is 0.500. The van der Waals surface area contributed by atoms with E-state index in [1.807, 2.05) is 16.9 Å². The normalized spacial score (nSPS) is 15.7. The summed E-state index contributed by atoms with van der Waals surface area (Å²) in [7, 11) is 3.50. The van der Waals surface area contributed by atoms with E-state index in [0.29, 0.717) is 11.5 Å². The Morgan fingerprint density at radius 1 is 1.26 bits per heavy atom. The summed E-state index contributed by atoms with van der Waals surface area (Å²) in [6, 6.07) is 1.83. The summed E-state index contributed by atoms with van der Waals surface area (Å²) >= 11 is 0. The van der Waals surface area contributed by atoms with Gasteiger partial charge in [-0.05, 0) is 24.8 Å². The maximum absolute atomic E-state index is 11.9. The summed E-state index contributed by atoms with van der Waals surface area (Å²) in [6.07, 6.45) is 9.21. The second-order valence-corrected chi connectivity index (χ2v) is 6.13. The summed E-state index contributed by atoms with van der Waals surface area (Å²) < 4.78 is 1.88. The molecule has 1 aliphatic rings. The van der Waals surface area contributed by atoms with E-state index in [1.165, 1.54) is 0 Å². The molecule has 0 saturated carbocycles. The summed E-state index contributed by atoms with van der Waals surface area (Å²) in [4.78, 5) is 24.3. The fourth-order valence-electron chi connectivity index (χ4n) is 2.87. The number of anilines is 1. The molecule has 0 atom stereocenters. The highest BCUT2D eigenvalue weighted by atomic mass is 16.2. The van der Waals surface area contributed by atoms with Crippen LogP contribution in [0.5, 0.6) is 0 Å². The van der Waals surface area contributed by atoms with Crippen molar-refractivity contribution in [3.05, 3.63) is 36.4 Å². The van der Waals surface area contributed by atoms with Gasteiger partial charge in [0.1, 0.15) is 0 Å². The van der Waals surface area contributed by atoms with Gasteiger partial charge in [-0.25, -0.2) is 9.97 Å². The molecule has 1 fully saturated rings. The molecule has 2 aromatic heterocycles. The van der Waals surface area contributed by atoms with E-state index in [0.717, 1.165) is 38.4 Å². The summed E-state index contributed by atoms with van der Waals surface area (Å²) in [6.45, 7) is 2.77. The summed E-state index contributed by atoms with van der Waals surface area (Å²) in [5.41, 5.74) is 0.644. The van der Waals surface area contributed by atoms with Crippen molar-refractivity contribution in [2.75, 3.05) is 32.1 Å². The predicted molar refractivity (Wildman–Crippen MR) is 87.2 cm³/mol. The molecule has 0 spiro atoms. The molecule has 0 radical (unpaired) electrons. The largest absolute Gasteiger partial charge is 0.345 e. The highest BCUT2D eigenvalue weighted by molar-refractivity contribution is 5.93. The van der Waals surface area contributed by atoms with Crippen LogP contribution in [0.15, 0.2) is 30.9 Å². The third kappa shape index (κ3) is 3.67. The highest BCUT2D eigenvalue weighted by Crippen LogP contribution is 2.21. The van der Waals surface area contributed by atoms with Crippen molar-refractivity contribution in [3.8, 4) is 0 Å². The Labute approximate surface area is 135 Å². The van der Waals surface area contributed by atoms with Crippen molar-refractivity contribution < 1.29 is 4.79 Å². The van der Waals surface area contributed by atoms with E-state index in [1.54, 1.807) is 37.6 Å². The van der Waals surface area contributed by atoms with E-state index in [9.17, 15) is 4.79 Å². The minimum atomic E-state index is -0.00713. The molecule has 1 saturated heterocycles. The van der Waals surface area contributed by atoms with Gasteiger partial charge in [0.05, 0.1) is 11.8 Å². The maximum atomic E-state index is 11.9. The molecule has 0 unspecified atom stereocenters. The van der Waals surface area contributed by atoms with Crippen molar-refractivity contribution in [2.24, 2.45) is 5.92 Å². The number of piperidine rings is 1. The molecule has 0 aliphatic carbocycles. The Kier molecular flexibility index (Phi) is 4.55. The standard InChI is InChI=1S/C16H22N6O/c1-20(2)15(23)14-10-19-22(12-14)11-13-4-8-21(9-5-13)16-17-6-3-7-18-16/h3,6-7,10,12-13H,4-5,8-9,11H2,1-2H3. The van der Waals surface area contributed by atoms with Gasteiger partial charge < -0.3 is 9.80 Å². The number of nitrogens with zero attached hydrogens (tertiary/aromatic N) is 6. The second kappa shape index (κ2) is 6.76. The van der Waals surface area contributed by atoms with Crippen LogP contribution in [-0.2, 0) is 6.54 Å². The van der Waals surface area contributed by atoms with Crippen LogP contribution in [0.25, 0.3) is 0 Å². The number of hydrogen-bond acceptors (Lipinski definition) is 5. The number of carbonyl (C=O) groups excluding carboxylic acids is 1. The van der Waals surface area contributed by atoms with Crippen LogP contribution < -0.4 is 4.90 Å². The van der Waals surface area contributed by atoms with Gasteiger partial charge in [-0.1, -0.05) is 0 Å². The fourth-order valence-corrected chi connectivity index (χ4v) is 2.87. The van der Waals surface area contributed by atoms with Gasteiger partial charge in [0.2, 0.25) is 5.95 Å². The molecule has 2 aromatic rings. The van der Waals surface area contributed by atoms with E-state index in [-0.39, 0.29) is 5.91 Å². The van der Waals surface area contributed by atoms with Crippen molar-refractivity contribution in [1.82, 2.24) is 24.6 Å². The number of carbonyl (C=O) groups is 1. The Bertz CT molecular complexity index is 646. The van der Waals surface area contributed by atoms with E-state index in [4.69, 9.17) is 0 Å². The van der Waals surface area contributed by atoms with Crippen LogP contribution in [0, 0.1) is 5.92 Å². The van der Waals surface area contributed by atoms with Crippen molar-refractivity contribution in [2.45, 2.75) is 19.4 Å². The average molecular weight is 314 g/mol. The molecule has 0 aromatic carbocycles. The SMILES string of the molecule is CN(C)C(=O)c1cnn(CC2CCN(c3ncccn3)CC2)c1. The van der Waals surface area contributed by atoms with Gasteiger partial charge in [0, 0.05) is 52.3 Å². The lowest BCUT2D eigenvalue weighted by molar-refractivity contribution is 0.0827. The monoisotopic (exact) mass is 314 g/mol. The van der Waals surface area contributed by atoms with Gasteiger partial charge >= 0.3 is 0 Å². The average Bonchev–Trinajstić information content (AvgIpc) is 3.04. The quantitative estimate of drug-likeness (QED) is 0.851. The van der Waals surface area contributed by atoms with Crippen LogP contribution >= 0.6 is 0 Å². The molecular weight excluding hydrogens is 292 g/mol. The molecule has 7 nitrogen and oxygen atoms in total. The van der Waals surface area contributed by atoms with Gasteiger partial charge in [0.25, 0.3) is 5.91 Å². The zero-order valence-corrected chi connectivity index (χ0v) is 13.6. The first-order chi connectivity index (χ1) is 11.1. The maximum Gasteiger partial charge on any atom is 0.256 e. The van der Waals surface area contributed by atoms with Gasteiger partial charge in [-0.3, -0.25) is 9.48 Å². The summed E-state index contributed by atoms with van der Waals surface area (Å²) in [5.74, 6) is 1.37. The molecule has 7 heteroatoms. The predicted octanol–water partition coefficient (Wildman–Crippen LogP) is 1.29. The Morgan fingerprint density at radius 2 is 1.96 bits per heavy atom. The number of aromatic nitrogens is 4. The molecular formula is C16H22N6O. The van der Waals surface area contributed by atoms with Crippen molar-refractivity contribution in [1.29, 1.82) is 0 Å². The summed E-state index contributed by atoms with van der Waals surface area (Å²) in [5, 5.41) is 4.32. The minimum Gasteiger partial charge on any atom is -0.345 e. The zero-order valence-electron chi connectivity index (χ0n) is 13.6. The minimum absolute atomic E-state index is 0.00713. The zero-order chi connectivity index (χ0) is 16.2. The third-order valence-electron chi connectivity index (χ3n) is 4.18. The highest BCUT2D eigenvalue weighted by Gasteiger charge is 2.21. The van der Waals surface area contributed by atoms with Crippen LogP contribution in [0.2, 0.25) is 0 Å². The van der Waals surface area contributed by atoms with E-state index >= 15 is 0 Å². The van der Waals surface area contributed by atoms with E-state index < -0.39 is 0 Å². The molecule has 3 rings (SSSR count). The lowest BCUT2D eigenvalue weighted by Crippen LogP contribution is -2.36. The van der Waals surface area contributed by atoms with Crippen molar-refractivity contribution in [3.63, 3.8) is 0 Å². The molecule has 0 bridgehead atoms. The van der Waals surface area contributed by atoms with Crippen molar-refractivity contribution >= 4 is 11.9 Å². The van der Waals surface area contributed by atoms with Gasteiger partial charge in [0.15, 0.2) is 0 Å². The smallest absolute Gasteiger partial charge is 0.256 e. The van der Waals surface area contributed by atoms with Crippen LogP contribution in [0.4, 0.5) is 5.95 Å². The third-order valence-corrected chi connectivity index (χ3v) is 4.18. The topological polar surface area (TPSA) is 67.2 Å². The molecule has 0 N–H and O–H groups in total. The molecule has 122 valence electrons. The lowest BCUT2D eigenvalue weighted by Gasteiger charge is -2.31. The lowest BCUT2D eigenvalue weighted by atomic mass is 9.97. The van der Waals surface area contributed by atoms with E-state index in [2.05, 4.69) is 20.0 Å². The van der Waals surface area contributed by atoms with Gasteiger partial charge in [-0.2, -0.15) is 5.10 Å². The van der Waals surface area contributed by atoms with Crippen LogP contribution in [0.3, 0.4) is 0 Å². The Morgan fingerprint density at radius 3 is 2.61 bits per heavy atom. The van der Waals surface area contributed by atoms with Crippen LogP contribution in [-0.4, -0.2) is 57.7 Å². The molecule has 23 heavy (non-hydrogen) atoms. The number of amides is 1. The Balaban J connectivity index is 1.54. The first-order valence-corrected chi connectivity index (χ1v) is 7.89. The first-order valence-electron chi connectivity index (χ1n) is 7.89. The van der Waals surface area contributed by atoms with Crippen LogP contribution in [0.1, 0.15) is 23.2 Å². The molecule has 1 aliphatic heterocycles. The number of rotatable bonds is 4. The first kappa shape index (κ1) is 15.5. The number of hydrogen-bond donors (Lipinski definition) is 0. The molecule has 3 heterocycles. The second-order valence-electron chi connectivity index (χ2n) is 6.13. The van der Waals surface area contributed by atoms with Gasteiger partial charge in [-0.15, -0.1) is 0 Å². The molecule has 1 amide bonds.